The van der Waals surface area contributed by atoms with Gasteiger partial charge in [0, 0.05) is 29.6 Å². The fourth-order valence-corrected chi connectivity index (χ4v) is 4.19. The summed E-state index contributed by atoms with van der Waals surface area (Å²) in [6.45, 7) is 4.41. The molecule has 0 radical (unpaired) electrons. The molecule has 0 aliphatic heterocycles. The minimum atomic E-state index is -0.236. The van der Waals surface area contributed by atoms with E-state index in [0.717, 1.165) is 27.8 Å². The Morgan fingerprint density at radius 1 is 1.19 bits per heavy atom. The molecule has 0 aliphatic rings. The summed E-state index contributed by atoms with van der Waals surface area (Å²) in [6, 6.07) is 9.13. The van der Waals surface area contributed by atoms with Gasteiger partial charge in [-0.15, -0.1) is 11.3 Å². The van der Waals surface area contributed by atoms with Crippen LogP contribution in [-0.2, 0) is 6.42 Å². The molecule has 4 aromatic rings. The van der Waals surface area contributed by atoms with Crippen molar-refractivity contribution in [2.45, 2.75) is 20.3 Å². The molecule has 2 N–H and O–H groups in total. The second-order valence-corrected chi connectivity index (χ2v) is 8.04. The SMILES string of the molecule is COc1ccc(OC)c(-c2cc(C(=O)NCCc3csc(-n4nc(C)cc4C)n3)[nH]n2)c1. The number of hydrogen-bond donors (Lipinski definition) is 2. The summed E-state index contributed by atoms with van der Waals surface area (Å²) in [5.74, 6) is 1.09. The van der Waals surface area contributed by atoms with E-state index in [1.165, 1.54) is 11.3 Å². The number of ether oxygens (including phenoxy) is 2. The van der Waals surface area contributed by atoms with E-state index in [4.69, 9.17) is 9.47 Å². The number of carbonyl (C=O) groups is 1. The third-order valence-corrected chi connectivity index (χ3v) is 5.77. The van der Waals surface area contributed by atoms with Gasteiger partial charge in [0.15, 0.2) is 0 Å². The first-order valence-corrected chi connectivity index (χ1v) is 10.9. The van der Waals surface area contributed by atoms with Gasteiger partial charge in [0.25, 0.3) is 5.91 Å². The maximum atomic E-state index is 12.6. The molecule has 10 heteroatoms. The third kappa shape index (κ3) is 4.50. The van der Waals surface area contributed by atoms with Crippen molar-refractivity contribution in [3.63, 3.8) is 0 Å². The van der Waals surface area contributed by atoms with Gasteiger partial charge >= 0.3 is 0 Å². The Labute approximate surface area is 189 Å². The van der Waals surface area contributed by atoms with Crippen LogP contribution in [-0.4, -0.2) is 51.6 Å². The van der Waals surface area contributed by atoms with Crippen molar-refractivity contribution >= 4 is 17.2 Å². The maximum Gasteiger partial charge on any atom is 0.269 e. The molecule has 0 bridgehead atoms. The van der Waals surface area contributed by atoms with E-state index in [2.05, 4.69) is 25.6 Å². The zero-order valence-corrected chi connectivity index (χ0v) is 19.1. The molecule has 0 spiro atoms. The summed E-state index contributed by atoms with van der Waals surface area (Å²) in [4.78, 5) is 17.2. The quantitative estimate of drug-likeness (QED) is 0.425. The van der Waals surface area contributed by atoms with Crippen LogP contribution in [0.4, 0.5) is 0 Å². The molecule has 0 unspecified atom stereocenters. The number of H-pyrrole nitrogens is 1. The lowest BCUT2D eigenvalue weighted by molar-refractivity contribution is 0.0949. The highest BCUT2D eigenvalue weighted by Gasteiger charge is 2.15. The van der Waals surface area contributed by atoms with Gasteiger partial charge in [0.2, 0.25) is 5.13 Å². The molecule has 0 saturated carbocycles. The maximum absolute atomic E-state index is 12.6. The highest BCUT2D eigenvalue weighted by atomic mass is 32.1. The predicted octanol–water partition coefficient (Wildman–Crippen LogP) is 3.33. The van der Waals surface area contributed by atoms with Gasteiger partial charge < -0.3 is 14.8 Å². The van der Waals surface area contributed by atoms with Crippen molar-refractivity contribution < 1.29 is 14.3 Å². The van der Waals surface area contributed by atoms with Gasteiger partial charge in [-0.3, -0.25) is 9.89 Å². The Morgan fingerprint density at radius 3 is 2.75 bits per heavy atom. The van der Waals surface area contributed by atoms with Crippen LogP contribution in [0.2, 0.25) is 0 Å². The van der Waals surface area contributed by atoms with Gasteiger partial charge in [0.1, 0.15) is 17.2 Å². The molecule has 166 valence electrons. The van der Waals surface area contributed by atoms with Crippen molar-refractivity contribution in [2.24, 2.45) is 0 Å². The standard InChI is InChI=1S/C22H24N6O3S/c1-13-9-14(2)28(27-13)22-24-15(12-32-22)7-8-23-21(29)19-11-18(25-26-19)17-10-16(30-3)5-6-20(17)31-4/h5-6,9-12H,7-8H2,1-4H3,(H,23,29)(H,25,26). The smallest absolute Gasteiger partial charge is 0.269 e. The number of benzene rings is 1. The topological polar surface area (TPSA) is 107 Å². The lowest BCUT2D eigenvalue weighted by Gasteiger charge is -2.08. The summed E-state index contributed by atoms with van der Waals surface area (Å²) in [5, 5.41) is 17.2. The number of thiazole rings is 1. The Hall–Kier alpha value is -3.66. The van der Waals surface area contributed by atoms with Crippen LogP contribution in [0.25, 0.3) is 16.4 Å². The first-order valence-electron chi connectivity index (χ1n) is 10.0. The van der Waals surface area contributed by atoms with Crippen molar-refractivity contribution in [2.75, 3.05) is 20.8 Å². The van der Waals surface area contributed by atoms with E-state index in [9.17, 15) is 4.79 Å². The van der Waals surface area contributed by atoms with E-state index < -0.39 is 0 Å². The molecule has 1 amide bonds. The molecule has 3 aromatic heterocycles. The third-order valence-electron chi connectivity index (χ3n) is 4.90. The number of nitrogens with zero attached hydrogens (tertiary/aromatic N) is 4. The molecule has 0 saturated heterocycles. The highest BCUT2D eigenvalue weighted by Crippen LogP contribution is 2.32. The summed E-state index contributed by atoms with van der Waals surface area (Å²) < 4.78 is 12.5. The van der Waals surface area contributed by atoms with E-state index >= 15 is 0 Å². The summed E-state index contributed by atoms with van der Waals surface area (Å²) in [5.41, 5.74) is 4.61. The van der Waals surface area contributed by atoms with E-state index in [1.807, 2.05) is 36.0 Å². The Kier molecular flexibility index (Phi) is 6.22. The van der Waals surface area contributed by atoms with Crippen molar-refractivity contribution in [1.82, 2.24) is 30.3 Å². The van der Waals surface area contributed by atoms with Crippen molar-refractivity contribution in [1.29, 1.82) is 0 Å². The number of nitrogens with one attached hydrogen (secondary N) is 2. The fourth-order valence-electron chi connectivity index (χ4n) is 3.32. The molecule has 0 atom stereocenters. The van der Waals surface area contributed by atoms with Crippen LogP contribution in [0.3, 0.4) is 0 Å². The number of hydrogen-bond acceptors (Lipinski definition) is 7. The van der Waals surface area contributed by atoms with Crippen molar-refractivity contribution in [3.05, 3.63) is 58.5 Å². The fraction of sp³-hybridized carbons (Fsp3) is 0.273. The second kappa shape index (κ2) is 9.23. The normalized spacial score (nSPS) is 10.9. The molecular formula is C22H24N6O3S. The largest absolute Gasteiger partial charge is 0.497 e. The summed E-state index contributed by atoms with van der Waals surface area (Å²) >= 11 is 1.53. The van der Waals surface area contributed by atoms with Gasteiger partial charge in [-0.2, -0.15) is 10.2 Å². The Balaban J connectivity index is 1.38. The van der Waals surface area contributed by atoms with Gasteiger partial charge in [0.05, 0.1) is 31.3 Å². The van der Waals surface area contributed by atoms with Gasteiger partial charge in [-0.05, 0) is 44.2 Å². The molecule has 1 aromatic carbocycles. The minimum absolute atomic E-state index is 0.236. The zero-order chi connectivity index (χ0) is 22.7. The highest BCUT2D eigenvalue weighted by molar-refractivity contribution is 7.12. The Morgan fingerprint density at radius 2 is 2.03 bits per heavy atom. The first-order chi connectivity index (χ1) is 15.5. The summed E-state index contributed by atoms with van der Waals surface area (Å²) in [7, 11) is 3.18. The number of aromatic nitrogens is 5. The number of aryl methyl sites for hydroxylation is 2. The number of rotatable bonds is 8. The van der Waals surface area contributed by atoms with Gasteiger partial charge in [-0.1, -0.05) is 0 Å². The van der Waals surface area contributed by atoms with E-state index in [1.54, 1.807) is 32.4 Å². The minimum Gasteiger partial charge on any atom is -0.497 e. The van der Waals surface area contributed by atoms with E-state index in [0.29, 0.717) is 35.9 Å². The second-order valence-electron chi connectivity index (χ2n) is 7.20. The van der Waals surface area contributed by atoms with Crippen LogP contribution in [0.5, 0.6) is 11.5 Å². The molecule has 9 nitrogen and oxygen atoms in total. The summed E-state index contributed by atoms with van der Waals surface area (Å²) in [6.07, 6.45) is 0.617. The number of aromatic amines is 1. The van der Waals surface area contributed by atoms with Crippen molar-refractivity contribution in [3.8, 4) is 27.9 Å². The van der Waals surface area contributed by atoms with Gasteiger partial charge in [-0.25, -0.2) is 9.67 Å². The van der Waals surface area contributed by atoms with Crippen LogP contribution >= 0.6 is 11.3 Å². The first kappa shape index (κ1) is 21.6. The number of methoxy groups -OCH3 is 2. The van der Waals surface area contributed by atoms with E-state index in [-0.39, 0.29) is 5.91 Å². The Bertz CT molecular complexity index is 1240. The van der Waals surface area contributed by atoms with Crippen LogP contribution in [0.15, 0.2) is 35.7 Å². The monoisotopic (exact) mass is 452 g/mol. The molecule has 4 rings (SSSR count). The average molecular weight is 453 g/mol. The lowest BCUT2D eigenvalue weighted by atomic mass is 10.1. The predicted molar refractivity (Wildman–Crippen MR) is 122 cm³/mol. The van der Waals surface area contributed by atoms with Crippen LogP contribution in [0, 0.1) is 13.8 Å². The van der Waals surface area contributed by atoms with Crippen LogP contribution in [0.1, 0.15) is 27.6 Å². The zero-order valence-electron chi connectivity index (χ0n) is 18.3. The van der Waals surface area contributed by atoms with Crippen LogP contribution < -0.4 is 14.8 Å². The molecule has 32 heavy (non-hydrogen) atoms. The molecule has 3 heterocycles. The number of carbonyl (C=O) groups excluding carboxylic acids is 1. The lowest BCUT2D eigenvalue weighted by Crippen LogP contribution is -2.26. The molecule has 0 aliphatic carbocycles. The molecule has 0 fully saturated rings. The molecular weight excluding hydrogens is 428 g/mol. The number of amides is 1. The average Bonchev–Trinajstić information content (AvgIpc) is 3.53.